The molecule has 0 aliphatic carbocycles. The van der Waals surface area contributed by atoms with Gasteiger partial charge in [-0.25, -0.2) is 15.8 Å². The van der Waals surface area contributed by atoms with Gasteiger partial charge in [-0.15, -0.1) is 0 Å². The first-order valence-corrected chi connectivity index (χ1v) is 7.62. The maximum Gasteiger partial charge on any atom is 0.242 e. The van der Waals surface area contributed by atoms with Crippen LogP contribution in [0.15, 0.2) is 11.2 Å². The number of hydrogen-bond acceptors (Lipinski definition) is 7. The third kappa shape index (κ3) is 5.22. The summed E-state index contributed by atoms with van der Waals surface area (Å²) in [5.41, 5.74) is 2.48. The summed E-state index contributed by atoms with van der Waals surface area (Å²) < 4.78 is 0. The molecule has 0 radical (unpaired) electrons. The number of nitrogens with one attached hydrogen (secondary N) is 3. The Kier molecular flexibility index (Phi) is 6.53. The second-order valence-electron chi connectivity index (χ2n) is 4.77. The van der Waals surface area contributed by atoms with E-state index >= 15 is 0 Å². The molecule has 1 atom stereocenters. The van der Waals surface area contributed by atoms with Gasteiger partial charge in [-0.3, -0.25) is 4.79 Å². The van der Waals surface area contributed by atoms with Crippen molar-refractivity contribution >= 4 is 29.3 Å². The van der Waals surface area contributed by atoms with Crippen LogP contribution in [0.4, 0.5) is 11.6 Å². The van der Waals surface area contributed by atoms with Crippen LogP contribution in [0.25, 0.3) is 0 Å². The Morgan fingerprint density at radius 1 is 1.35 bits per heavy atom. The van der Waals surface area contributed by atoms with Crippen molar-refractivity contribution in [3.63, 3.8) is 0 Å². The minimum Gasteiger partial charge on any atom is -0.358 e. The van der Waals surface area contributed by atoms with Gasteiger partial charge < -0.3 is 16.1 Å². The molecule has 7 nitrogen and oxygen atoms in total. The lowest BCUT2D eigenvalue weighted by atomic mass is 10.2. The number of nitrogen functional groups attached to an aromatic ring is 1. The SMILES string of the molecule is CSc1nc(NN)cc(NC(C)C(=O)NCC(C)C)n1. The van der Waals surface area contributed by atoms with E-state index in [1.807, 2.05) is 20.1 Å². The highest BCUT2D eigenvalue weighted by Crippen LogP contribution is 2.17. The first kappa shape index (κ1) is 16.5. The number of hydrogen-bond donors (Lipinski definition) is 4. The van der Waals surface area contributed by atoms with Gasteiger partial charge in [0.15, 0.2) is 5.16 Å². The van der Waals surface area contributed by atoms with Gasteiger partial charge in [-0.1, -0.05) is 25.6 Å². The Morgan fingerprint density at radius 2 is 2.00 bits per heavy atom. The molecular formula is C12H22N6OS. The molecule has 0 aliphatic heterocycles. The van der Waals surface area contributed by atoms with Gasteiger partial charge in [0.25, 0.3) is 0 Å². The number of thioether (sulfide) groups is 1. The van der Waals surface area contributed by atoms with E-state index in [-0.39, 0.29) is 11.9 Å². The number of aromatic nitrogens is 2. The fraction of sp³-hybridized carbons (Fsp3) is 0.583. The van der Waals surface area contributed by atoms with E-state index in [4.69, 9.17) is 5.84 Å². The zero-order valence-electron chi connectivity index (χ0n) is 12.2. The number of carbonyl (C=O) groups excluding carboxylic acids is 1. The van der Waals surface area contributed by atoms with E-state index in [9.17, 15) is 4.79 Å². The lowest BCUT2D eigenvalue weighted by molar-refractivity contribution is -0.121. The van der Waals surface area contributed by atoms with Crippen LogP contribution in [0.2, 0.25) is 0 Å². The predicted molar refractivity (Wildman–Crippen MR) is 82.6 cm³/mol. The van der Waals surface area contributed by atoms with Crippen LogP contribution >= 0.6 is 11.8 Å². The van der Waals surface area contributed by atoms with Crippen molar-refractivity contribution in [2.24, 2.45) is 11.8 Å². The fourth-order valence-corrected chi connectivity index (χ4v) is 1.79. The van der Waals surface area contributed by atoms with E-state index in [2.05, 4.69) is 26.0 Å². The lowest BCUT2D eigenvalue weighted by Gasteiger charge is -2.16. The summed E-state index contributed by atoms with van der Waals surface area (Å²) in [6.07, 6.45) is 1.87. The number of hydrazine groups is 1. The largest absolute Gasteiger partial charge is 0.358 e. The van der Waals surface area contributed by atoms with Gasteiger partial charge in [-0.2, -0.15) is 0 Å². The summed E-state index contributed by atoms with van der Waals surface area (Å²) in [4.78, 5) is 20.3. The average Bonchev–Trinajstić information content (AvgIpc) is 2.43. The van der Waals surface area contributed by atoms with Crippen molar-refractivity contribution in [3.8, 4) is 0 Å². The first-order valence-electron chi connectivity index (χ1n) is 6.40. The average molecular weight is 298 g/mol. The number of rotatable bonds is 7. The standard InChI is InChI=1S/C12H22N6OS/c1-7(2)6-14-11(19)8(3)15-9-5-10(18-13)17-12(16-9)20-4/h5,7-8H,6,13H2,1-4H3,(H,14,19)(H2,15,16,17,18). The number of nitrogens with zero attached hydrogens (tertiary/aromatic N) is 2. The van der Waals surface area contributed by atoms with Crippen LogP contribution < -0.4 is 21.9 Å². The highest BCUT2D eigenvalue weighted by Gasteiger charge is 2.14. The van der Waals surface area contributed by atoms with Crippen LogP contribution in [0.1, 0.15) is 20.8 Å². The molecule has 1 amide bonds. The Morgan fingerprint density at radius 3 is 2.55 bits per heavy atom. The van der Waals surface area contributed by atoms with Gasteiger partial charge in [-0.05, 0) is 19.1 Å². The monoisotopic (exact) mass is 298 g/mol. The van der Waals surface area contributed by atoms with Crippen molar-refractivity contribution in [3.05, 3.63) is 6.07 Å². The van der Waals surface area contributed by atoms with Crippen molar-refractivity contribution in [2.75, 3.05) is 23.5 Å². The molecule has 1 aromatic rings. The topological polar surface area (TPSA) is 105 Å². The van der Waals surface area contributed by atoms with Gasteiger partial charge in [0, 0.05) is 12.6 Å². The minimum absolute atomic E-state index is 0.0646. The number of carbonyl (C=O) groups is 1. The molecule has 0 fully saturated rings. The molecule has 0 aromatic carbocycles. The maximum absolute atomic E-state index is 11.9. The highest BCUT2D eigenvalue weighted by molar-refractivity contribution is 7.98. The summed E-state index contributed by atoms with van der Waals surface area (Å²) in [6.45, 7) is 6.53. The van der Waals surface area contributed by atoms with Crippen molar-refractivity contribution in [1.82, 2.24) is 15.3 Å². The smallest absolute Gasteiger partial charge is 0.242 e. The van der Waals surface area contributed by atoms with E-state index in [0.29, 0.717) is 29.3 Å². The van der Waals surface area contributed by atoms with Crippen LogP contribution in [0.5, 0.6) is 0 Å². The van der Waals surface area contributed by atoms with Gasteiger partial charge in [0.05, 0.1) is 0 Å². The third-order valence-electron chi connectivity index (χ3n) is 2.48. The summed E-state index contributed by atoms with van der Waals surface area (Å²) in [5, 5.41) is 6.49. The third-order valence-corrected chi connectivity index (χ3v) is 3.03. The summed E-state index contributed by atoms with van der Waals surface area (Å²) in [7, 11) is 0. The number of anilines is 2. The highest BCUT2D eigenvalue weighted by atomic mass is 32.2. The Hall–Kier alpha value is -1.54. The fourth-order valence-electron chi connectivity index (χ4n) is 1.41. The van der Waals surface area contributed by atoms with Crippen LogP contribution in [-0.2, 0) is 4.79 Å². The summed E-state index contributed by atoms with van der Waals surface area (Å²) in [5.74, 6) is 6.77. The van der Waals surface area contributed by atoms with Gasteiger partial charge >= 0.3 is 0 Å². The molecule has 0 spiro atoms. The second kappa shape index (κ2) is 7.91. The molecular weight excluding hydrogens is 276 g/mol. The Balaban J connectivity index is 2.69. The summed E-state index contributed by atoms with van der Waals surface area (Å²) >= 11 is 1.40. The van der Waals surface area contributed by atoms with Crippen LogP contribution in [0.3, 0.4) is 0 Å². The van der Waals surface area contributed by atoms with Crippen LogP contribution in [-0.4, -0.2) is 34.7 Å². The van der Waals surface area contributed by atoms with E-state index < -0.39 is 0 Å². The second-order valence-corrected chi connectivity index (χ2v) is 5.55. The van der Waals surface area contributed by atoms with E-state index in [1.165, 1.54) is 11.8 Å². The maximum atomic E-state index is 11.9. The van der Waals surface area contributed by atoms with Gasteiger partial charge in [0.2, 0.25) is 5.91 Å². The molecule has 112 valence electrons. The lowest BCUT2D eigenvalue weighted by Crippen LogP contribution is -2.39. The van der Waals surface area contributed by atoms with E-state index in [1.54, 1.807) is 13.0 Å². The molecule has 0 aliphatic rings. The molecule has 0 saturated carbocycles. The normalized spacial score (nSPS) is 12.1. The first-order chi connectivity index (χ1) is 9.46. The Labute approximate surface area is 123 Å². The molecule has 5 N–H and O–H groups in total. The molecule has 1 rings (SSSR count). The minimum atomic E-state index is -0.385. The Bertz CT molecular complexity index is 431. The zero-order chi connectivity index (χ0) is 15.1. The molecule has 20 heavy (non-hydrogen) atoms. The summed E-state index contributed by atoms with van der Waals surface area (Å²) in [6, 6.07) is 1.27. The molecule has 1 aromatic heterocycles. The van der Waals surface area contributed by atoms with Gasteiger partial charge in [0.1, 0.15) is 17.7 Å². The van der Waals surface area contributed by atoms with Crippen molar-refractivity contribution < 1.29 is 4.79 Å². The zero-order valence-corrected chi connectivity index (χ0v) is 13.0. The molecule has 0 bridgehead atoms. The van der Waals surface area contributed by atoms with Crippen LogP contribution in [0, 0.1) is 5.92 Å². The van der Waals surface area contributed by atoms with Crippen molar-refractivity contribution in [2.45, 2.75) is 32.0 Å². The number of nitrogens with two attached hydrogens (primary N) is 1. The molecule has 1 heterocycles. The molecule has 1 unspecified atom stereocenters. The molecule has 8 heteroatoms. The quantitative estimate of drug-likeness (QED) is 0.258. The number of amides is 1. The van der Waals surface area contributed by atoms with Crippen molar-refractivity contribution in [1.29, 1.82) is 0 Å². The predicted octanol–water partition coefficient (Wildman–Crippen LogP) is 1.06. The molecule has 0 saturated heterocycles. The van der Waals surface area contributed by atoms with E-state index in [0.717, 1.165) is 0 Å².